The zero-order valence-electron chi connectivity index (χ0n) is 8.04. The van der Waals surface area contributed by atoms with Gasteiger partial charge in [0.2, 0.25) is 0 Å². The first kappa shape index (κ1) is 8.21. The van der Waals surface area contributed by atoms with E-state index in [0.717, 1.165) is 38.0 Å². The molecule has 3 rings (SSSR count). The molecular weight excluding hydrogens is 164 g/mol. The van der Waals surface area contributed by atoms with Crippen LogP contribution in [0.4, 0.5) is 0 Å². The normalized spacial score (nSPS) is 49.6. The van der Waals surface area contributed by atoms with Gasteiger partial charge in [0.15, 0.2) is 0 Å². The molecule has 2 aliphatic heterocycles. The predicted molar refractivity (Wildman–Crippen MR) is 50.4 cm³/mol. The Morgan fingerprint density at radius 2 is 2.15 bits per heavy atom. The Kier molecular flexibility index (Phi) is 1.70. The maximum absolute atomic E-state index is 6.23. The van der Waals surface area contributed by atoms with Gasteiger partial charge in [0.1, 0.15) is 0 Å². The van der Waals surface area contributed by atoms with Crippen LogP contribution in [0.25, 0.3) is 0 Å². The smallest absolute Gasteiger partial charge is 0.0659 e. The number of hydrogen-bond acceptors (Lipinski definition) is 3. The van der Waals surface area contributed by atoms with Crippen molar-refractivity contribution in [3.8, 4) is 0 Å². The van der Waals surface area contributed by atoms with Gasteiger partial charge in [-0.25, -0.2) is 0 Å². The molecule has 2 heterocycles. The highest BCUT2D eigenvalue weighted by atomic mass is 16.5. The summed E-state index contributed by atoms with van der Waals surface area (Å²) >= 11 is 0. The third kappa shape index (κ3) is 1.49. The van der Waals surface area contributed by atoms with Crippen LogP contribution in [-0.4, -0.2) is 43.3 Å². The van der Waals surface area contributed by atoms with E-state index in [1.807, 2.05) is 0 Å². The van der Waals surface area contributed by atoms with E-state index in [9.17, 15) is 0 Å². The van der Waals surface area contributed by atoms with Crippen LogP contribution in [0, 0.1) is 11.8 Å². The van der Waals surface area contributed by atoms with Crippen LogP contribution >= 0.6 is 0 Å². The maximum Gasteiger partial charge on any atom is 0.0659 e. The average molecular weight is 182 g/mol. The van der Waals surface area contributed by atoms with Gasteiger partial charge < -0.3 is 15.4 Å². The Labute approximate surface area is 79.2 Å². The summed E-state index contributed by atoms with van der Waals surface area (Å²) in [5.74, 6) is 2.04. The van der Waals surface area contributed by atoms with E-state index < -0.39 is 0 Å². The molecule has 3 aliphatic rings. The number of nitrogens with two attached hydrogens (primary N) is 1. The van der Waals surface area contributed by atoms with Crippen molar-refractivity contribution >= 4 is 0 Å². The van der Waals surface area contributed by atoms with Gasteiger partial charge in [-0.05, 0) is 24.7 Å². The number of rotatable bonds is 2. The Morgan fingerprint density at radius 1 is 1.38 bits per heavy atom. The second kappa shape index (κ2) is 2.69. The zero-order valence-corrected chi connectivity index (χ0v) is 8.04. The number of likely N-dealkylation sites (tertiary alicyclic amines) is 1. The predicted octanol–water partition coefficient (Wildman–Crippen LogP) is 0.0559. The first-order chi connectivity index (χ1) is 6.25. The molecule has 1 saturated carbocycles. The molecule has 0 aromatic heterocycles. The number of ether oxygens (including phenoxy) is 1. The highest BCUT2D eigenvalue weighted by Crippen LogP contribution is 2.45. The van der Waals surface area contributed by atoms with Gasteiger partial charge in [0.25, 0.3) is 0 Å². The van der Waals surface area contributed by atoms with E-state index in [1.54, 1.807) is 0 Å². The molecule has 13 heavy (non-hydrogen) atoms. The third-order valence-corrected chi connectivity index (χ3v) is 3.73. The molecule has 3 heteroatoms. The highest BCUT2D eigenvalue weighted by molar-refractivity contribution is 5.00. The molecule has 1 aliphatic carbocycles. The zero-order chi connectivity index (χ0) is 8.89. The topological polar surface area (TPSA) is 38.5 Å². The summed E-state index contributed by atoms with van der Waals surface area (Å²) in [5.41, 5.74) is 6.20. The third-order valence-electron chi connectivity index (χ3n) is 3.73. The molecule has 0 radical (unpaired) electrons. The molecular formula is C10H18N2O. The van der Waals surface area contributed by atoms with Crippen LogP contribution in [-0.2, 0) is 4.74 Å². The van der Waals surface area contributed by atoms with E-state index in [2.05, 4.69) is 4.90 Å². The SMILES string of the molecule is NC1(CN2CC3CC3C2)CCOC1. The van der Waals surface area contributed by atoms with Crippen LogP contribution in [0.3, 0.4) is 0 Å². The number of nitrogens with zero attached hydrogens (tertiary/aromatic N) is 1. The number of hydrogen-bond donors (Lipinski definition) is 1. The summed E-state index contributed by atoms with van der Waals surface area (Å²) in [6.45, 7) is 5.27. The van der Waals surface area contributed by atoms with E-state index in [1.165, 1.54) is 19.5 Å². The van der Waals surface area contributed by atoms with Gasteiger partial charge in [0, 0.05) is 26.2 Å². The fraction of sp³-hybridized carbons (Fsp3) is 1.00. The van der Waals surface area contributed by atoms with E-state index in [-0.39, 0.29) is 5.54 Å². The summed E-state index contributed by atoms with van der Waals surface area (Å²) in [6.07, 6.45) is 2.52. The summed E-state index contributed by atoms with van der Waals surface area (Å²) in [4.78, 5) is 2.54. The van der Waals surface area contributed by atoms with Crippen molar-refractivity contribution in [2.75, 3.05) is 32.8 Å². The van der Waals surface area contributed by atoms with E-state index in [0.29, 0.717) is 0 Å². The van der Waals surface area contributed by atoms with Crippen molar-refractivity contribution in [2.24, 2.45) is 17.6 Å². The average Bonchev–Trinajstić information content (AvgIpc) is 2.54. The maximum atomic E-state index is 6.23. The van der Waals surface area contributed by atoms with Crippen molar-refractivity contribution in [3.63, 3.8) is 0 Å². The largest absolute Gasteiger partial charge is 0.379 e. The van der Waals surface area contributed by atoms with Crippen molar-refractivity contribution < 1.29 is 4.74 Å². The summed E-state index contributed by atoms with van der Waals surface area (Å²) in [7, 11) is 0. The summed E-state index contributed by atoms with van der Waals surface area (Å²) in [5, 5.41) is 0. The van der Waals surface area contributed by atoms with Gasteiger partial charge >= 0.3 is 0 Å². The molecule has 2 N–H and O–H groups in total. The Bertz CT molecular complexity index is 203. The number of piperidine rings is 1. The van der Waals surface area contributed by atoms with Crippen LogP contribution in [0.5, 0.6) is 0 Å². The van der Waals surface area contributed by atoms with Crippen molar-refractivity contribution in [1.29, 1.82) is 0 Å². The molecule has 74 valence electrons. The standard InChI is InChI=1S/C10H18N2O/c11-10(1-2-13-7-10)6-12-4-8-3-9(8)5-12/h8-9H,1-7,11H2. The van der Waals surface area contributed by atoms with Crippen LogP contribution in [0.1, 0.15) is 12.8 Å². The Morgan fingerprint density at radius 3 is 2.77 bits per heavy atom. The lowest BCUT2D eigenvalue weighted by atomic mass is 10.00. The minimum absolute atomic E-state index is 0.0310. The fourth-order valence-corrected chi connectivity index (χ4v) is 2.82. The van der Waals surface area contributed by atoms with Gasteiger partial charge in [-0.2, -0.15) is 0 Å². The van der Waals surface area contributed by atoms with Crippen LogP contribution in [0.15, 0.2) is 0 Å². The van der Waals surface area contributed by atoms with E-state index >= 15 is 0 Å². The molecule has 0 aromatic carbocycles. The van der Waals surface area contributed by atoms with Crippen molar-refractivity contribution in [2.45, 2.75) is 18.4 Å². The molecule has 0 spiro atoms. The van der Waals surface area contributed by atoms with Crippen molar-refractivity contribution in [1.82, 2.24) is 4.90 Å². The summed E-state index contributed by atoms with van der Waals surface area (Å²) in [6, 6.07) is 0. The number of fused-ring (bicyclic) bond motifs is 1. The Balaban J connectivity index is 1.56. The van der Waals surface area contributed by atoms with E-state index in [4.69, 9.17) is 10.5 Å². The fourth-order valence-electron chi connectivity index (χ4n) is 2.82. The van der Waals surface area contributed by atoms with Crippen molar-refractivity contribution in [3.05, 3.63) is 0 Å². The first-order valence-corrected chi connectivity index (χ1v) is 5.34. The molecule has 0 amide bonds. The lowest BCUT2D eigenvalue weighted by Gasteiger charge is -2.28. The molecule has 3 unspecified atom stereocenters. The molecule has 0 bridgehead atoms. The van der Waals surface area contributed by atoms with Gasteiger partial charge in [-0.3, -0.25) is 0 Å². The molecule has 3 atom stereocenters. The highest BCUT2D eigenvalue weighted by Gasteiger charge is 2.46. The summed E-state index contributed by atoms with van der Waals surface area (Å²) < 4.78 is 5.36. The van der Waals surface area contributed by atoms with Gasteiger partial charge in [-0.15, -0.1) is 0 Å². The lowest BCUT2D eigenvalue weighted by molar-refractivity contribution is 0.157. The van der Waals surface area contributed by atoms with Crippen LogP contribution < -0.4 is 5.73 Å². The minimum Gasteiger partial charge on any atom is -0.379 e. The molecule has 3 nitrogen and oxygen atoms in total. The minimum atomic E-state index is -0.0310. The Hall–Kier alpha value is -0.120. The second-order valence-electron chi connectivity index (χ2n) is 5.11. The second-order valence-corrected chi connectivity index (χ2v) is 5.11. The van der Waals surface area contributed by atoms with Crippen LogP contribution in [0.2, 0.25) is 0 Å². The monoisotopic (exact) mass is 182 g/mol. The van der Waals surface area contributed by atoms with Gasteiger partial charge in [0.05, 0.1) is 12.1 Å². The first-order valence-electron chi connectivity index (χ1n) is 5.34. The molecule has 2 saturated heterocycles. The van der Waals surface area contributed by atoms with Gasteiger partial charge in [-0.1, -0.05) is 0 Å². The molecule has 0 aromatic rings. The quantitative estimate of drug-likeness (QED) is 0.656. The molecule has 3 fully saturated rings. The lowest BCUT2D eigenvalue weighted by Crippen LogP contribution is -2.50.